The Morgan fingerprint density at radius 3 is 2.20 bits per heavy atom. The maximum absolute atomic E-state index is 12.3. The molecule has 0 radical (unpaired) electrons. The number of hydrogen-bond donors (Lipinski definition) is 1. The first-order valence-corrected chi connectivity index (χ1v) is 6.83. The van der Waals surface area contributed by atoms with Crippen molar-refractivity contribution >= 4 is 11.9 Å². The largest absolute Gasteiger partial charge is 0.444 e. The Morgan fingerprint density at radius 1 is 1.20 bits per heavy atom. The summed E-state index contributed by atoms with van der Waals surface area (Å²) in [5, 5.41) is 2.63. The molecule has 4 heteroatoms. The summed E-state index contributed by atoms with van der Waals surface area (Å²) in [5.41, 5.74) is 1.11. The molecule has 0 aliphatic heterocycles. The highest BCUT2D eigenvalue weighted by atomic mass is 16.6. The maximum atomic E-state index is 12.3. The second-order valence-corrected chi connectivity index (χ2v) is 5.84. The van der Waals surface area contributed by atoms with E-state index >= 15 is 0 Å². The number of hydrogen-bond acceptors (Lipinski definition) is 3. The second-order valence-electron chi connectivity index (χ2n) is 5.84. The summed E-state index contributed by atoms with van der Waals surface area (Å²) in [5.74, 6) is -0.0987. The van der Waals surface area contributed by atoms with Gasteiger partial charge in [0.05, 0.1) is 6.04 Å². The molecule has 0 heterocycles. The molecule has 0 aromatic heterocycles. The van der Waals surface area contributed by atoms with Crippen LogP contribution in [0.3, 0.4) is 0 Å². The molecule has 1 aromatic rings. The molecule has 0 bridgehead atoms. The van der Waals surface area contributed by atoms with E-state index in [0.717, 1.165) is 5.56 Å². The number of ketones is 1. The zero-order valence-corrected chi connectivity index (χ0v) is 12.8. The SMILES string of the molecule is CCC(NC(=O)OC(C)(C)C)C(=O)c1ccc(C)cc1. The van der Waals surface area contributed by atoms with Crippen LogP contribution in [-0.2, 0) is 4.74 Å². The molecule has 0 aliphatic rings. The van der Waals surface area contributed by atoms with Crippen LogP contribution in [0.5, 0.6) is 0 Å². The van der Waals surface area contributed by atoms with Gasteiger partial charge in [-0.25, -0.2) is 4.79 Å². The fraction of sp³-hybridized carbons (Fsp3) is 0.500. The van der Waals surface area contributed by atoms with E-state index in [4.69, 9.17) is 4.74 Å². The third kappa shape index (κ3) is 5.03. The lowest BCUT2D eigenvalue weighted by molar-refractivity contribution is 0.0490. The normalized spacial score (nSPS) is 12.7. The van der Waals surface area contributed by atoms with E-state index in [-0.39, 0.29) is 5.78 Å². The van der Waals surface area contributed by atoms with Crippen molar-refractivity contribution in [3.8, 4) is 0 Å². The van der Waals surface area contributed by atoms with Gasteiger partial charge in [0.25, 0.3) is 0 Å². The maximum Gasteiger partial charge on any atom is 0.408 e. The molecule has 4 nitrogen and oxygen atoms in total. The number of aryl methyl sites for hydroxylation is 1. The Balaban J connectivity index is 2.73. The quantitative estimate of drug-likeness (QED) is 0.857. The number of nitrogens with one attached hydrogen (secondary N) is 1. The number of carbonyl (C=O) groups excluding carboxylic acids is 2. The van der Waals surface area contributed by atoms with E-state index in [9.17, 15) is 9.59 Å². The van der Waals surface area contributed by atoms with Crippen molar-refractivity contribution in [3.05, 3.63) is 35.4 Å². The minimum Gasteiger partial charge on any atom is -0.444 e. The monoisotopic (exact) mass is 277 g/mol. The minimum atomic E-state index is -0.574. The van der Waals surface area contributed by atoms with Crippen LogP contribution in [0.2, 0.25) is 0 Å². The minimum absolute atomic E-state index is 0.0987. The van der Waals surface area contributed by atoms with Crippen molar-refractivity contribution < 1.29 is 14.3 Å². The number of amides is 1. The number of carbonyl (C=O) groups is 2. The number of rotatable bonds is 4. The molecule has 1 N–H and O–H groups in total. The zero-order chi connectivity index (χ0) is 15.3. The van der Waals surface area contributed by atoms with E-state index in [2.05, 4.69) is 5.32 Å². The summed E-state index contributed by atoms with van der Waals surface area (Å²) < 4.78 is 5.17. The molecule has 20 heavy (non-hydrogen) atoms. The zero-order valence-electron chi connectivity index (χ0n) is 12.8. The van der Waals surface area contributed by atoms with Crippen molar-refractivity contribution in [3.63, 3.8) is 0 Å². The number of Topliss-reactive ketones (excluding diaryl/α,β-unsaturated/α-hetero) is 1. The number of benzene rings is 1. The van der Waals surface area contributed by atoms with Crippen LogP contribution in [0.15, 0.2) is 24.3 Å². The molecule has 0 spiro atoms. The van der Waals surface area contributed by atoms with Gasteiger partial charge in [-0.2, -0.15) is 0 Å². The lowest BCUT2D eigenvalue weighted by Crippen LogP contribution is -2.43. The molecular weight excluding hydrogens is 254 g/mol. The summed E-state index contributed by atoms with van der Waals surface area (Å²) in [6.45, 7) is 9.18. The summed E-state index contributed by atoms with van der Waals surface area (Å²) in [6.07, 6.45) is -0.0452. The van der Waals surface area contributed by atoms with E-state index in [1.807, 2.05) is 26.0 Å². The first-order chi connectivity index (χ1) is 9.23. The van der Waals surface area contributed by atoms with Crippen LogP contribution in [0, 0.1) is 6.92 Å². The predicted octanol–water partition coefficient (Wildman–Crippen LogP) is 3.48. The van der Waals surface area contributed by atoms with Crippen molar-refractivity contribution in [1.82, 2.24) is 5.32 Å². The van der Waals surface area contributed by atoms with E-state index in [1.54, 1.807) is 32.9 Å². The van der Waals surface area contributed by atoms with Gasteiger partial charge in [0.1, 0.15) is 5.60 Å². The molecular formula is C16H23NO3. The van der Waals surface area contributed by atoms with Gasteiger partial charge >= 0.3 is 6.09 Å². The Labute approximate surface area is 120 Å². The topological polar surface area (TPSA) is 55.4 Å². The van der Waals surface area contributed by atoms with Gasteiger partial charge in [0.2, 0.25) is 0 Å². The van der Waals surface area contributed by atoms with E-state index in [1.165, 1.54) is 0 Å². The molecule has 0 aliphatic carbocycles. The van der Waals surface area contributed by atoms with Crippen molar-refractivity contribution in [2.75, 3.05) is 0 Å². The van der Waals surface area contributed by atoms with Crippen molar-refractivity contribution in [1.29, 1.82) is 0 Å². The molecule has 1 unspecified atom stereocenters. The highest BCUT2D eigenvalue weighted by molar-refractivity contribution is 6.01. The van der Waals surface area contributed by atoms with Crippen LogP contribution >= 0.6 is 0 Å². The van der Waals surface area contributed by atoms with Crippen LogP contribution < -0.4 is 5.32 Å². The van der Waals surface area contributed by atoms with Gasteiger partial charge in [-0.1, -0.05) is 36.8 Å². The molecule has 110 valence electrons. The summed E-state index contributed by atoms with van der Waals surface area (Å²) in [7, 11) is 0. The van der Waals surface area contributed by atoms with Gasteiger partial charge in [0.15, 0.2) is 5.78 Å². The van der Waals surface area contributed by atoms with Crippen LogP contribution in [-0.4, -0.2) is 23.5 Å². The highest BCUT2D eigenvalue weighted by Gasteiger charge is 2.23. The number of alkyl carbamates (subject to hydrolysis) is 1. The van der Waals surface area contributed by atoms with Gasteiger partial charge in [-0.05, 0) is 34.1 Å². The molecule has 1 atom stereocenters. The third-order valence-corrected chi connectivity index (χ3v) is 2.75. The summed E-state index contributed by atoms with van der Waals surface area (Å²) in [6, 6.07) is 6.75. The Hall–Kier alpha value is -1.84. The van der Waals surface area contributed by atoms with E-state index in [0.29, 0.717) is 12.0 Å². The third-order valence-electron chi connectivity index (χ3n) is 2.75. The molecule has 1 aromatic carbocycles. The molecule has 1 amide bonds. The van der Waals surface area contributed by atoms with Crippen molar-refractivity contribution in [2.45, 2.75) is 52.7 Å². The second kappa shape index (κ2) is 6.55. The van der Waals surface area contributed by atoms with Crippen LogP contribution in [0.4, 0.5) is 4.79 Å². The van der Waals surface area contributed by atoms with Gasteiger partial charge in [-0.3, -0.25) is 4.79 Å². The molecule has 0 saturated carbocycles. The fourth-order valence-corrected chi connectivity index (χ4v) is 1.72. The van der Waals surface area contributed by atoms with Gasteiger partial charge in [-0.15, -0.1) is 0 Å². The molecule has 0 saturated heterocycles. The fourth-order valence-electron chi connectivity index (χ4n) is 1.72. The molecule has 0 fully saturated rings. The Kier molecular flexibility index (Phi) is 5.31. The Bertz CT molecular complexity index is 471. The standard InChI is InChI=1S/C16H23NO3/c1-6-13(17-15(19)20-16(3,4)5)14(18)12-9-7-11(2)8-10-12/h7-10,13H,6H2,1-5H3,(H,17,19). The molecule has 1 rings (SSSR count). The first-order valence-electron chi connectivity index (χ1n) is 6.83. The van der Waals surface area contributed by atoms with Crippen LogP contribution in [0.25, 0.3) is 0 Å². The van der Waals surface area contributed by atoms with Crippen molar-refractivity contribution in [2.24, 2.45) is 0 Å². The highest BCUT2D eigenvalue weighted by Crippen LogP contribution is 2.10. The summed E-state index contributed by atoms with van der Waals surface area (Å²) >= 11 is 0. The van der Waals surface area contributed by atoms with Gasteiger partial charge in [0, 0.05) is 5.56 Å². The first kappa shape index (κ1) is 16.2. The smallest absolute Gasteiger partial charge is 0.408 e. The average Bonchev–Trinajstić information content (AvgIpc) is 2.34. The van der Waals surface area contributed by atoms with Crippen LogP contribution in [0.1, 0.15) is 50.0 Å². The number of ether oxygens (including phenoxy) is 1. The van der Waals surface area contributed by atoms with Gasteiger partial charge < -0.3 is 10.1 Å². The Morgan fingerprint density at radius 2 is 1.75 bits per heavy atom. The lowest BCUT2D eigenvalue weighted by atomic mass is 10.0. The average molecular weight is 277 g/mol. The summed E-state index contributed by atoms with van der Waals surface area (Å²) in [4.78, 5) is 24.1. The lowest BCUT2D eigenvalue weighted by Gasteiger charge is -2.22. The van der Waals surface area contributed by atoms with E-state index < -0.39 is 17.7 Å². The predicted molar refractivity (Wildman–Crippen MR) is 79.0 cm³/mol.